The summed E-state index contributed by atoms with van der Waals surface area (Å²) in [4.78, 5) is 2.57. The third-order valence-electron chi connectivity index (χ3n) is 3.16. The fraction of sp³-hybridized carbons (Fsp3) is 1.00. The molecule has 0 aliphatic carbocycles. The van der Waals surface area contributed by atoms with Crippen molar-refractivity contribution in [2.45, 2.75) is 39.3 Å². The van der Waals surface area contributed by atoms with Gasteiger partial charge in [-0.15, -0.1) is 0 Å². The van der Waals surface area contributed by atoms with Gasteiger partial charge in [0, 0.05) is 5.54 Å². The van der Waals surface area contributed by atoms with Crippen LogP contribution in [0.2, 0.25) is 0 Å². The highest BCUT2D eigenvalue weighted by molar-refractivity contribution is 4.79. The average Bonchev–Trinajstić information content (AvgIpc) is 2.06. The lowest BCUT2D eigenvalue weighted by Gasteiger charge is -2.32. The van der Waals surface area contributed by atoms with Crippen molar-refractivity contribution >= 4 is 0 Å². The molecule has 72 valence electrons. The lowest BCUT2D eigenvalue weighted by atomic mass is 10.1. The molecule has 12 heavy (non-hydrogen) atoms. The van der Waals surface area contributed by atoms with Crippen LogP contribution in [0.3, 0.4) is 0 Å². The van der Waals surface area contributed by atoms with Gasteiger partial charge in [0.2, 0.25) is 0 Å². The van der Waals surface area contributed by atoms with Crippen molar-refractivity contribution in [2.24, 2.45) is 0 Å². The van der Waals surface area contributed by atoms with Gasteiger partial charge in [-0.05, 0) is 27.7 Å². The fourth-order valence-corrected chi connectivity index (χ4v) is 1.66. The molecule has 1 heterocycles. The van der Waals surface area contributed by atoms with Crippen molar-refractivity contribution in [3.63, 3.8) is 0 Å². The van der Waals surface area contributed by atoms with Crippen molar-refractivity contribution < 1.29 is 4.48 Å². The van der Waals surface area contributed by atoms with Gasteiger partial charge in [-0.2, -0.15) is 0 Å². The van der Waals surface area contributed by atoms with Crippen LogP contribution < -0.4 is 0 Å². The molecular formula is C10H23N2+. The first kappa shape index (κ1) is 10.0. The normalized spacial score (nSPS) is 31.0. The highest BCUT2D eigenvalue weighted by atomic mass is 15.5. The Labute approximate surface area is 76.7 Å². The number of hydrogen-bond donors (Lipinski definition) is 0. The summed E-state index contributed by atoms with van der Waals surface area (Å²) < 4.78 is 1.14. The topological polar surface area (TPSA) is 3.24 Å². The first-order chi connectivity index (χ1) is 5.23. The van der Waals surface area contributed by atoms with Gasteiger partial charge in [-0.3, -0.25) is 0 Å². The molecule has 0 aromatic heterocycles. The molecule has 1 unspecified atom stereocenters. The van der Waals surface area contributed by atoms with E-state index in [-0.39, 0.29) is 0 Å². The zero-order chi connectivity index (χ0) is 9.57. The fourth-order valence-electron chi connectivity index (χ4n) is 1.66. The van der Waals surface area contributed by atoms with E-state index in [2.05, 4.69) is 46.7 Å². The zero-order valence-electron chi connectivity index (χ0n) is 9.39. The van der Waals surface area contributed by atoms with Crippen molar-refractivity contribution in [2.75, 3.05) is 27.3 Å². The first-order valence-corrected chi connectivity index (χ1v) is 4.81. The predicted molar refractivity (Wildman–Crippen MR) is 52.9 cm³/mol. The Balaban J connectivity index is 2.67. The van der Waals surface area contributed by atoms with E-state index in [0.717, 1.165) is 10.5 Å². The van der Waals surface area contributed by atoms with Crippen LogP contribution in [0.1, 0.15) is 27.7 Å². The summed E-state index contributed by atoms with van der Waals surface area (Å²) in [6.45, 7) is 11.6. The van der Waals surface area contributed by atoms with E-state index in [9.17, 15) is 0 Å². The van der Waals surface area contributed by atoms with Crippen LogP contribution in [-0.2, 0) is 0 Å². The van der Waals surface area contributed by atoms with Gasteiger partial charge < -0.3 is 4.48 Å². The average molecular weight is 171 g/mol. The molecule has 2 heteroatoms. The molecule has 0 aromatic carbocycles. The number of quaternary nitrogens is 1. The number of nitrogens with zero attached hydrogens (tertiary/aromatic N) is 2. The summed E-state index contributed by atoms with van der Waals surface area (Å²) in [6, 6.07) is 0.768. The molecule has 0 aromatic rings. The first-order valence-electron chi connectivity index (χ1n) is 4.81. The molecule has 2 nitrogen and oxygen atoms in total. The quantitative estimate of drug-likeness (QED) is 0.500. The molecule has 0 saturated carbocycles. The second kappa shape index (κ2) is 2.71. The summed E-state index contributed by atoms with van der Waals surface area (Å²) >= 11 is 0. The van der Waals surface area contributed by atoms with Crippen LogP contribution in [0.4, 0.5) is 0 Å². The monoisotopic (exact) mass is 171 g/mol. The maximum Gasteiger partial charge on any atom is 0.135 e. The second-order valence-electron chi connectivity index (χ2n) is 5.66. The molecule has 0 radical (unpaired) electrons. The van der Waals surface area contributed by atoms with Crippen molar-refractivity contribution in [3.05, 3.63) is 0 Å². The molecule has 0 bridgehead atoms. The molecule has 1 aliphatic heterocycles. The van der Waals surface area contributed by atoms with Gasteiger partial charge in [-0.25, -0.2) is 4.90 Å². The SMILES string of the molecule is CC1CN(C(C)(C)C)C[N+]1(C)C. The smallest absolute Gasteiger partial charge is 0.135 e. The van der Waals surface area contributed by atoms with Crippen LogP contribution in [0.25, 0.3) is 0 Å². The lowest BCUT2D eigenvalue weighted by molar-refractivity contribution is -0.904. The van der Waals surface area contributed by atoms with Gasteiger partial charge in [0.15, 0.2) is 0 Å². The minimum absolute atomic E-state index is 0.334. The molecule has 0 amide bonds. The Morgan fingerprint density at radius 2 is 1.75 bits per heavy atom. The molecule has 1 saturated heterocycles. The van der Waals surface area contributed by atoms with Crippen molar-refractivity contribution in [1.82, 2.24) is 4.90 Å². The lowest BCUT2D eigenvalue weighted by Crippen LogP contribution is -2.46. The summed E-state index contributed by atoms with van der Waals surface area (Å²) in [7, 11) is 4.63. The number of hydrogen-bond acceptors (Lipinski definition) is 1. The maximum absolute atomic E-state index is 2.57. The minimum Gasteiger partial charge on any atom is -0.313 e. The van der Waals surface area contributed by atoms with E-state index in [1.807, 2.05) is 0 Å². The summed E-state index contributed by atoms with van der Waals surface area (Å²) in [6.07, 6.45) is 0. The number of likely N-dealkylation sites (N-methyl/N-ethyl adjacent to an activating group) is 1. The maximum atomic E-state index is 2.57. The van der Waals surface area contributed by atoms with Crippen LogP contribution in [-0.4, -0.2) is 48.3 Å². The van der Waals surface area contributed by atoms with Gasteiger partial charge in [0.25, 0.3) is 0 Å². The Hall–Kier alpha value is -0.0800. The summed E-state index contributed by atoms with van der Waals surface area (Å²) in [5.74, 6) is 0. The van der Waals surface area contributed by atoms with Crippen LogP contribution in [0, 0.1) is 0 Å². The predicted octanol–water partition coefficient (Wildman–Crippen LogP) is 1.52. The van der Waals surface area contributed by atoms with E-state index in [1.165, 1.54) is 13.2 Å². The molecule has 0 N–H and O–H groups in total. The molecule has 1 atom stereocenters. The standard InChI is InChI=1S/C10H23N2/c1-9-7-11(10(2,3)4)8-12(9,5)6/h9H,7-8H2,1-6H3/q+1. The van der Waals surface area contributed by atoms with Gasteiger partial charge in [0.1, 0.15) is 6.67 Å². The zero-order valence-corrected chi connectivity index (χ0v) is 9.39. The van der Waals surface area contributed by atoms with E-state index in [1.54, 1.807) is 0 Å². The van der Waals surface area contributed by atoms with Crippen LogP contribution >= 0.6 is 0 Å². The Morgan fingerprint density at radius 1 is 1.25 bits per heavy atom. The van der Waals surface area contributed by atoms with Crippen LogP contribution in [0.15, 0.2) is 0 Å². The van der Waals surface area contributed by atoms with E-state index >= 15 is 0 Å². The van der Waals surface area contributed by atoms with E-state index < -0.39 is 0 Å². The van der Waals surface area contributed by atoms with Gasteiger partial charge >= 0.3 is 0 Å². The Kier molecular flexibility index (Phi) is 2.26. The van der Waals surface area contributed by atoms with E-state index in [4.69, 9.17) is 0 Å². The third kappa shape index (κ3) is 1.80. The molecular weight excluding hydrogens is 148 g/mol. The molecule has 1 aliphatic rings. The van der Waals surface area contributed by atoms with Crippen LogP contribution in [0.5, 0.6) is 0 Å². The Morgan fingerprint density at radius 3 is 1.92 bits per heavy atom. The Bertz CT molecular complexity index is 167. The van der Waals surface area contributed by atoms with Crippen molar-refractivity contribution in [3.8, 4) is 0 Å². The summed E-state index contributed by atoms with van der Waals surface area (Å²) in [5, 5.41) is 0. The largest absolute Gasteiger partial charge is 0.313 e. The van der Waals surface area contributed by atoms with Crippen molar-refractivity contribution in [1.29, 1.82) is 0 Å². The number of rotatable bonds is 0. The highest BCUT2D eigenvalue weighted by Gasteiger charge is 2.40. The van der Waals surface area contributed by atoms with E-state index in [0.29, 0.717) is 5.54 Å². The second-order valence-corrected chi connectivity index (χ2v) is 5.66. The van der Waals surface area contributed by atoms with Gasteiger partial charge in [0.05, 0.1) is 26.7 Å². The molecule has 1 rings (SSSR count). The molecule has 1 fully saturated rings. The summed E-state index contributed by atoms with van der Waals surface area (Å²) in [5.41, 5.74) is 0.334. The minimum atomic E-state index is 0.334. The van der Waals surface area contributed by atoms with Gasteiger partial charge in [-0.1, -0.05) is 0 Å². The highest BCUT2D eigenvalue weighted by Crippen LogP contribution is 2.25. The molecule has 0 spiro atoms. The third-order valence-corrected chi connectivity index (χ3v) is 3.16.